The van der Waals surface area contributed by atoms with E-state index in [0.717, 1.165) is 12.5 Å². The Morgan fingerprint density at radius 2 is 2.05 bits per heavy atom. The number of nitrogens with one attached hydrogen (secondary N) is 1. The van der Waals surface area contributed by atoms with Crippen LogP contribution in [0.15, 0.2) is 18.2 Å². The fourth-order valence-electron chi connectivity index (χ4n) is 2.85. The summed E-state index contributed by atoms with van der Waals surface area (Å²) in [5, 5.41) is 23.0. The van der Waals surface area contributed by atoms with Gasteiger partial charge in [-0.05, 0) is 24.5 Å². The Hall–Kier alpha value is -2.11. The quantitative estimate of drug-likeness (QED) is 0.616. The largest absolute Gasteiger partial charge is 0.478 e. The van der Waals surface area contributed by atoms with Crippen molar-refractivity contribution in [1.29, 1.82) is 0 Å². The van der Waals surface area contributed by atoms with Crippen LogP contribution < -0.4 is 5.32 Å². The van der Waals surface area contributed by atoms with Gasteiger partial charge in [-0.15, -0.1) is 0 Å². The number of carboxylic acid groups (broad SMARTS) is 1. The number of aromatic carboxylic acids is 1. The number of carbonyl (C=O) groups is 1. The van der Waals surface area contributed by atoms with Gasteiger partial charge in [0.25, 0.3) is 5.69 Å². The van der Waals surface area contributed by atoms with Gasteiger partial charge in [0, 0.05) is 12.6 Å². The van der Waals surface area contributed by atoms with Crippen LogP contribution in [0.3, 0.4) is 0 Å². The van der Waals surface area contributed by atoms with Crippen LogP contribution >= 0.6 is 0 Å². The van der Waals surface area contributed by atoms with Gasteiger partial charge < -0.3 is 10.4 Å². The first-order chi connectivity index (χ1) is 10.1. The van der Waals surface area contributed by atoms with Gasteiger partial charge in [0.05, 0.1) is 10.5 Å². The van der Waals surface area contributed by atoms with Gasteiger partial charge >= 0.3 is 5.97 Å². The predicted octanol–water partition coefficient (Wildman–Crippen LogP) is 3.68. The second kappa shape index (κ2) is 7.06. The number of nitro benzene ring substituents is 1. The van der Waals surface area contributed by atoms with Crippen LogP contribution in [-0.4, -0.2) is 22.5 Å². The smallest absolute Gasteiger partial charge is 0.335 e. The Bertz CT molecular complexity index is 524. The predicted molar refractivity (Wildman–Crippen MR) is 79.7 cm³/mol. The van der Waals surface area contributed by atoms with E-state index in [2.05, 4.69) is 5.32 Å². The summed E-state index contributed by atoms with van der Waals surface area (Å²) in [6, 6.07) is 3.96. The monoisotopic (exact) mass is 292 g/mol. The van der Waals surface area contributed by atoms with Gasteiger partial charge in [-0.3, -0.25) is 10.1 Å². The Balaban J connectivity index is 1.98. The molecule has 1 aliphatic carbocycles. The fraction of sp³-hybridized carbons (Fsp3) is 0.533. The summed E-state index contributed by atoms with van der Waals surface area (Å²) < 4.78 is 0. The van der Waals surface area contributed by atoms with Crippen LogP contribution in [0, 0.1) is 16.0 Å². The molecule has 1 aromatic rings. The number of nitrogens with zero attached hydrogens (tertiary/aromatic N) is 1. The normalized spacial score (nSPS) is 15.6. The van der Waals surface area contributed by atoms with E-state index < -0.39 is 10.9 Å². The van der Waals surface area contributed by atoms with Crippen molar-refractivity contribution in [2.75, 3.05) is 11.9 Å². The number of nitro groups is 1. The van der Waals surface area contributed by atoms with Crippen LogP contribution in [0.4, 0.5) is 11.4 Å². The topological polar surface area (TPSA) is 92.5 Å². The molecule has 114 valence electrons. The highest BCUT2D eigenvalue weighted by Crippen LogP contribution is 2.28. The molecule has 0 spiro atoms. The van der Waals surface area contributed by atoms with Gasteiger partial charge in [0.2, 0.25) is 0 Å². The molecule has 1 saturated carbocycles. The van der Waals surface area contributed by atoms with Crippen molar-refractivity contribution in [1.82, 2.24) is 0 Å². The molecule has 0 heterocycles. The molecular formula is C15H20N2O4. The Morgan fingerprint density at radius 1 is 1.33 bits per heavy atom. The summed E-state index contributed by atoms with van der Waals surface area (Å²) in [6.45, 7) is 0.678. The lowest BCUT2D eigenvalue weighted by atomic mass is 9.87. The molecule has 1 fully saturated rings. The maximum absolute atomic E-state index is 11.0. The van der Waals surface area contributed by atoms with Gasteiger partial charge in [-0.2, -0.15) is 0 Å². The first-order valence-electron chi connectivity index (χ1n) is 7.33. The van der Waals surface area contributed by atoms with Crippen molar-refractivity contribution in [3.8, 4) is 0 Å². The Morgan fingerprint density at radius 3 is 2.67 bits per heavy atom. The highest BCUT2D eigenvalue weighted by atomic mass is 16.6. The van der Waals surface area contributed by atoms with Crippen molar-refractivity contribution < 1.29 is 14.8 Å². The minimum atomic E-state index is -1.16. The van der Waals surface area contributed by atoms with E-state index in [-0.39, 0.29) is 11.3 Å². The second-order valence-electron chi connectivity index (χ2n) is 5.51. The first kappa shape index (κ1) is 15.3. The second-order valence-corrected chi connectivity index (χ2v) is 5.51. The van der Waals surface area contributed by atoms with Crippen LogP contribution in [0.1, 0.15) is 48.9 Å². The summed E-state index contributed by atoms with van der Waals surface area (Å²) in [7, 11) is 0. The van der Waals surface area contributed by atoms with Crippen molar-refractivity contribution in [3.05, 3.63) is 33.9 Å². The highest BCUT2D eigenvalue weighted by Gasteiger charge is 2.18. The molecule has 0 aliphatic heterocycles. The van der Waals surface area contributed by atoms with E-state index in [1.165, 1.54) is 44.2 Å². The molecule has 0 radical (unpaired) electrons. The third-order valence-electron chi connectivity index (χ3n) is 4.03. The molecule has 0 saturated heterocycles. The standard InChI is InChI=1S/C15H20N2O4/c18-15(19)12-6-7-13(14(10-12)17(20)21)16-9-8-11-4-2-1-3-5-11/h6-7,10-11,16H,1-5,8-9H2,(H,18,19). The van der Waals surface area contributed by atoms with E-state index in [1.54, 1.807) is 0 Å². The summed E-state index contributed by atoms with van der Waals surface area (Å²) in [6.07, 6.45) is 7.34. The Labute approximate surface area is 123 Å². The van der Waals surface area contributed by atoms with Crippen LogP contribution in [0.2, 0.25) is 0 Å². The molecule has 6 nitrogen and oxygen atoms in total. The first-order valence-corrected chi connectivity index (χ1v) is 7.33. The molecule has 1 aromatic carbocycles. The van der Waals surface area contributed by atoms with Crippen molar-refractivity contribution in [2.24, 2.45) is 5.92 Å². The average Bonchev–Trinajstić information content (AvgIpc) is 2.48. The van der Waals surface area contributed by atoms with Gasteiger partial charge in [-0.25, -0.2) is 4.79 Å². The van der Waals surface area contributed by atoms with E-state index in [4.69, 9.17) is 5.11 Å². The van der Waals surface area contributed by atoms with Crippen molar-refractivity contribution in [2.45, 2.75) is 38.5 Å². The molecule has 1 aliphatic rings. The number of anilines is 1. The van der Waals surface area contributed by atoms with Gasteiger partial charge in [0.1, 0.15) is 5.69 Å². The molecule has 2 N–H and O–H groups in total. The summed E-state index contributed by atoms with van der Waals surface area (Å²) >= 11 is 0. The molecule has 6 heteroatoms. The van der Waals surface area contributed by atoms with E-state index in [9.17, 15) is 14.9 Å². The molecule has 21 heavy (non-hydrogen) atoms. The minimum Gasteiger partial charge on any atom is -0.478 e. The molecule has 0 aromatic heterocycles. The molecular weight excluding hydrogens is 272 g/mol. The van der Waals surface area contributed by atoms with Crippen molar-refractivity contribution in [3.63, 3.8) is 0 Å². The summed E-state index contributed by atoms with van der Waals surface area (Å²) in [5.41, 5.74) is 0.138. The lowest BCUT2D eigenvalue weighted by Crippen LogP contribution is -2.13. The zero-order chi connectivity index (χ0) is 15.2. The minimum absolute atomic E-state index is 0.0699. The zero-order valence-corrected chi connectivity index (χ0v) is 11.9. The fourth-order valence-corrected chi connectivity index (χ4v) is 2.85. The Kier molecular flexibility index (Phi) is 5.14. The molecule has 0 amide bonds. The number of hydrogen-bond donors (Lipinski definition) is 2. The number of rotatable bonds is 6. The third kappa shape index (κ3) is 4.18. The molecule has 0 bridgehead atoms. The maximum atomic E-state index is 11.0. The zero-order valence-electron chi connectivity index (χ0n) is 11.9. The molecule has 2 rings (SSSR count). The third-order valence-corrected chi connectivity index (χ3v) is 4.03. The SMILES string of the molecule is O=C(O)c1ccc(NCCC2CCCCC2)c([N+](=O)[O-])c1. The van der Waals surface area contributed by atoms with E-state index in [0.29, 0.717) is 18.2 Å². The van der Waals surface area contributed by atoms with E-state index in [1.807, 2.05) is 0 Å². The van der Waals surface area contributed by atoms with Crippen LogP contribution in [-0.2, 0) is 0 Å². The number of benzene rings is 1. The summed E-state index contributed by atoms with van der Waals surface area (Å²) in [4.78, 5) is 21.4. The molecule has 0 atom stereocenters. The van der Waals surface area contributed by atoms with E-state index >= 15 is 0 Å². The number of hydrogen-bond acceptors (Lipinski definition) is 4. The van der Waals surface area contributed by atoms with Gasteiger partial charge in [0.15, 0.2) is 0 Å². The number of carboxylic acids is 1. The summed E-state index contributed by atoms with van der Waals surface area (Å²) in [5.74, 6) is -0.463. The lowest BCUT2D eigenvalue weighted by molar-refractivity contribution is -0.384. The van der Waals surface area contributed by atoms with Crippen molar-refractivity contribution >= 4 is 17.3 Å². The van der Waals surface area contributed by atoms with Crippen LogP contribution in [0.5, 0.6) is 0 Å². The van der Waals surface area contributed by atoms with Gasteiger partial charge in [-0.1, -0.05) is 32.1 Å². The average molecular weight is 292 g/mol. The van der Waals surface area contributed by atoms with Crippen LogP contribution in [0.25, 0.3) is 0 Å². The maximum Gasteiger partial charge on any atom is 0.335 e. The highest BCUT2D eigenvalue weighted by molar-refractivity contribution is 5.89. The molecule has 0 unspecified atom stereocenters. The lowest BCUT2D eigenvalue weighted by Gasteiger charge is -2.21.